The number of hydrogen-bond acceptors (Lipinski definition) is 4. The molecule has 4 rings (SSSR count). The molecule has 5 nitrogen and oxygen atoms in total. The molecule has 1 N–H and O–H groups in total. The maximum atomic E-state index is 5.87. The fourth-order valence-electron chi connectivity index (χ4n) is 3.18. The van der Waals surface area contributed by atoms with Gasteiger partial charge in [-0.05, 0) is 12.5 Å². The molecule has 1 aliphatic rings. The summed E-state index contributed by atoms with van der Waals surface area (Å²) in [6.07, 6.45) is 0.909. The van der Waals surface area contributed by atoms with Gasteiger partial charge in [0.15, 0.2) is 5.82 Å². The fourth-order valence-corrected chi connectivity index (χ4v) is 3.18. The van der Waals surface area contributed by atoms with Crippen molar-refractivity contribution in [3.63, 3.8) is 0 Å². The molecule has 26 heavy (non-hydrogen) atoms. The molecule has 0 saturated carbocycles. The molecule has 0 aliphatic carbocycles. The van der Waals surface area contributed by atoms with Crippen molar-refractivity contribution in [3.05, 3.63) is 71.5 Å². The van der Waals surface area contributed by atoms with Gasteiger partial charge in [-0.2, -0.15) is 5.10 Å². The van der Waals surface area contributed by atoms with Crippen LogP contribution in [0, 0.1) is 6.92 Å². The first-order valence-electron chi connectivity index (χ1n) is 9.15. The third-order valence-electron chi connectivity index (χ3n) is 4.65. The van der Waals surface area contributed by atoms with Crippen LogP contribution < -0.4 is 5.32 Å². The predicted octanol–water partition coefficient (Wildman–Crippen LogP) is 2.83. The second-order valence-corrected chi connectivity index (χ2v) is 6.76. The Hall–Kier alpha value is -2.50. The van der Waals surface area contributed by atoms with Crippen molar-refractivity contribution in [2.24, 2.45) is 0 Å². The third kappa shape index (κ3) is 4.00. The SMILES string of the molecule is Cc1ccc(Cn2nc(-c3ccccc3)nc2C[C@@H]2CNCCO2)cc1. The van der Waals surface area contributed by atoms with Crippen molar-refractivity contribution in [1.82, 2.24) is 20.1 Å². The molecule has 0 spiro atoms. The quantitative estimate of drug-likeness (QED) is 0.770. The second-order valence-electron chi connectivity index (χ2n) is 6.76. The van der Waals surface area contributed by atoms with E-state index in [2.05, 4.69) is 36.5 Å². The highest BCUT2D eigenvalue weighted by Crippen LogP contribution is 2.18. The molecule has 1 fully saturated rings. The van der Waals surface area contributed by atoms with Crippen molar-refractivity contribution in [3.8, 4) is 11.4 Å². The van der Waals surface area contributed by atoms with Crippen molar-refractivity contribution in [2.45, 2.75) is 26.0 Å². The molecule has 2 aromatic carbocycles. The highest BCUT2D eigenvalue weighted by molar-refractivity contribution is 5.54. The van der Waals surface area contributed by atoms with Gasteiger partial charge in [0.05, 0.1) is 19.3 Å². The zero-order chi connectivity index (χ0) is 17.8. The number of hydrogen-bond donors (Lipinski definition) is 1. The Morgan fingerprint density at radius 3 is 2.65 bits per heavy atom. The van der Waals surface area contributed by atoms with Crippen molar-refractivity contribution >= 4 is 0 Å². The van der Waals surface area contributed by atoms with E-state index in [1.165, 1.54) is 11.1 Å². The average Bonchev–Trinajstić information content (AvgIpc) is 3.07. The zero-order valence-corrected chi connectivity index (χ0v) is 15.1. The van der Waals surface area contributed by atoms with Crippen LogP contribution in [0.1, 0.15) is 17.0 Å². The number of morpholine rings is 1. The Kier molecular flexibility index (Phi) is 5.09. The minimum atomic E-state index is 0.147. The zero-order valence-electron chi connectivity index (χ0n) is 15.1. The van der Waals surface area contributed by atoms with Crippen molar-refractivity contribution < 1.29 is 4.74 Å². The Bertz CT molecular complexity index is 836. The van der Waals surface area contributed by atoms with E-state index < -0.39 is 0 Å². The molecule has 0 amide bonds. The first-order valence-corrected chi connectivity index (χ1v) is 9.15. The molecular formula is C21H24N4O. The highest BCUT2D eigenvalue weighted by Gasteiger charge is 2.19. The molecule has 1 aromatic heterocycles. The largest absolute Gasteiger partial charge is 0.375 e. The predicted molar refractivity (Wildman–Crippen MR) is 102 cm³/mol. The van der Waals surface area contributed by atoms with Gasteiger partial charge in [0.1, 0.15) is 5.82 Å². The van der Waals surface area contributed by atoms with Crippen LogP contribution in [0.4, 0.5) is 0 Å². The van der Waals surface area contributed by atoms with Crippen LogP contribution in [-0.4, -0.2) is 40.6 Å². The van der Waals surface area contributed by atoms with Gasteiger partial charge in [0, 0.05) is 25.1 Å². The molecule has 0 bridgehead atoms. The van der Waals surface area contributed by atoms with Crippen molar-refractivity contribution in [2.75, 3.05) is 19.7 Å². The number of nitrogens with one attached hydrogen (secondary N) is 1. The lowest BCUT2D eigenvalue weighted by Crippen LogP contribution is -2.40. The van der Waals surface area contributed by atoms with E-state index in [9.17, 15) is 0 Å². The molecule has 1 atom stereocenters. The number of rotatable bonds is 5. The van der Waals surface area contributed by atoms with Gasteiger partial charge in [-0.25, -0.2) is 9.67 Å². The highest BCUT2D eigenvalue weighted by atomic mass is 16.5. The summed E-state index contributed by atoms with van der Waals surface area (Å²) >= 11 is 0. The number of nitrogens with zero attached hydrogens (tertiary/aromatic N) is 3. The Balaban J connectivity index is 1.62. The van der Waals surface area contributed by atoms with Gasteiger partial charge in [0.25, 0.3) is 0 Å². The maximum Gasteiger partial charge on any atom is 0.181 e. The molecule has 1 aliphatic heterocycles. The Morgan fingerprint density at radius 1 is 1.12 bits per heavy atom. The molecule has 0 unspecified atom stereocenters. The number of aromatic nitrogens is 3. The summed E-state index contributed by atoms with van der Waals surface area (Å²) in [7, 11) is 0. The molecule has 1 saturated heterocycles. The van der Waals surface area contributed by atoms with E-state index in [1.54, 1.807) is 0 Å². The third-order valence-corrected chi connectivity index (χ3v) is 4.65. The average molecular weight is 348 g/mol. The van der Waals surface area contributed by atoms with Crippen LogP contribution in [0.3, 0.4) is 0 Å². The summed E-state index contributed by atoms with van der Waals surface area (Å²) in [5.74, 6) is 1.75. The van der Waals surface area contributed by atoms with Crippen LogP contribution in [0.25, 0.3) is 11.4 Å². The van der Waals surface area contributed by atoms with Gasteiger partial charge in [-0.15, -0.1) is 0 Å². The molecule has 5 heteroatoms. The number of ether oxygens (including phenoxy) is 1. The molecular weight excluding hydrogens is 324 g/mol. The first kappa shape index (κ1) is 16.9. The van der Waals surface area contributed by atoms with Crippen LogP contribution in [-0.2, 0) is 17.7 Å². The van der Waals surface area contributed by atoms with E-state index in [-0.39, 0.29) is 6.10 Å². The van der Waals surface area contributed by atoms with E-state index in [0.29, 0.717) is 0 Å². The van der Waals surface area contributed by atoms with E-state index in [0.717, 1.165) is 49.9 Å². The molecule has 0 radical (unpaired) electrons. The monoisotopic (exact) mass is 348 g/mol. The summed E-state index contributed by atoms with van der Waals surface area (Å²) in [5.41, 5.74) is 3.53. The Labute approximate surface area is 154 Å². The van der Waals surface area contributed by atoms with Gasteiger partial charge >= 0.3 is 0 Å². The van der Waals surface area contributed by atoms with Crippen LogP contribution in [0.5, 0.6) is 0 Å². The van der Waals surface area contributed by atoms with E-state index >= 15 is 0 Å². The van der Waals surface area contributed by atoms with Crippen LogP contribution >= 0.6 is 0 Å². The van der Waals surface area contributed by atoms with Crippen molar-refractivity contribution in [1.29, 1.82) is 0 Å². The maximum absolute atomic E-state index is 5.87. The van der Waals surface area contributed by atoms with Crippen LogP contribution in [0.15, 0.2) is 54.6 Å². The van der Waals surface area contributed by atoms with Gasteiger partial charge in [-0.1, -0.05) is 60.2 Å². The number of benzene rings is 2. The summed E-state index contributed by atoms with van der Waals surface area (Å²) in [5, 5.41) is 8.18. The fraction of sp³-hybridized carbons (Fsp3) is 0.333. The molecule has 3 aromatic rings. The van der Waals surface area contributed by atoms with Crippen LogP contribution in [0.2, 0.25) is 0 Å². The Morgan fingerprint density at radius 2 is 1.92 bits per heavy atom. The standard InChI is InChI=1S/C21H24N4O/c1-16-7-9-17(10-8-16)15-25-20(13-19-14-22-11-12-26-19)23-21(24-25)18-5-3-2-4-6-18/h2-10,19,22H,11-15H2,1H3/t19-/m1/s1. The second kappa shape index (κ2) is 7.81. The lowest BCUT2D eigenvalue weighted by molar-refractivity contribution is 0.0274. The summed E-state index contributed by atoms with van der Waals surface area (Å²) in [4.78, 5) is 4.83. The summed E-state index contributed by atoms with van der Waals surface area (Å²) < 4.78 is 7.89. The van der Waals surface area contributed by atoms with Gasteiger partial charge in [-0.3, -0.25) is 0 Å². The lowest BCUT2D eigenvalue weighted by atomic mass is 10.1. The van der Waals surface area contributed by atoms with E-state index in [4.69, 9.17) is 14.8 Å². The minimum absolute atomic E-state index is 0.147. The lowest BCUT2D eigenvalue weighted by Gasteiger charge is -2.23. The van der Waals surface area contributed by atoms with E-state index in [1.807, 2.05) is 35.0 Å². The molecule has 134 valence electrons. The molecule has 2 heterocycles. The smallest absolute Gasteiger partial charge is 0.181 e. The first-order chi connectivity index (χ1) is 12.8. The van der Waals surface area contributed by atoms with Gasteiger partial charge < -0.3 is 10.1 Å². The summed E-state index contributed by atoms with van der Waals surface area (Å²) in [6, 6.07) is 18.7. The summed E-state index contributed by atoms with van der Waals surface area (Å²) in [6.45, 7) is 5.35. The van der Waals surface area contributed by atoms with Gasteiger partial charge in [0.2, 0.25) is 0 Å². The minimum Gasteiger partial charge on any atom is -0.375 e. The topological polar surface area (TPSA) is 52.0 Å². The normalized spacial score (nSPS) is 17.3. The number of aryl methyl sites for hydroxylation is 1.